The van der Waals surface area contributed by atoms with Crippen molar-refractivity contribution >= 4 is 5.97 Å². The van der Waals surface area contributed by atoms with Crippen LogP contribution in [0.3, 0.4) is 0 Å². The van der Waals surface area contributed by atoms with Gasteiger partial charge in [-0.25, -0.2) is 4.79 Å². The molecular formula is C13H22O2. The van der Waals surface area contributed by atoms with Crippen LogP contribution in [0.2, 0.25) is 0 Å². The molecule has 0 spiro atoms. The molecule has 0 bridgehead atoms. The zero-order valence-electron chi connectivity index (χ0n) is 10.1. The van der Waals surface area contributed by atoms with Gasteiger partial charge in [-0.1, -0.05) is 18.4 Å². The molecule has 0 unspecified atom stereocenters. The number of carbonyl (C=O) groups excluding carboxylic acids is 1. The highest BCUT2D eigenvalue weighted by molar-refractivity contribution is 5.83. The molecule has 1 saturated carbocycles. The number of hydrogen-bond donors (Lipinski definition) is 0. The van der Waals surface area contributed by atoms with Crippen LogP contribution in [0.4, 0.5) is 0 Å². The fourth-order valence-electron chi connectivity index (χ4n) is 1.82. The number of ether oxygens (including phenoxy) is 1. The van der Waals surface area contributed by atoms with Gasteiger partial charge < -0.3 is 4.74 Å². The first kappa shape index (κ1) is 12.3. The van der Waals surface area contributed by atoms with E-state index < -0.39 is 0 Å². The van der Waals surface area contributed by atoms with Crippen molar-refractivity contribution in [2.75, 3.05) is 0 Å². The molecular weight excluding hydrogens is 188 g/mol. The van der Waals surface area contributed by atoms with Gasteiger partial charge in [0.25, 0.3) is 0 Å². The van der Waals surface area contributed by atoms with Crippen LogP contribution in [0.15, 0.2) is 11.6 Å². The van der Waals surface area contributed by atoms with Crippen molar-refractivity contribution in [3.8, 4) is 0 Å². The average Bonchev–Trinajstić information content (AvgIpc) is 2.28. The van der Waals surface area contributed by atoms with E-state index in [1.807, 2.05) is 20.8 Å². The van der Waals surface area contributed by atoms with Gasteiger partial charge in [0.05, 0.1) is 0 Å². The number of hydrogen-bond acceptors (Lipinski definition) is 2. The van der Waals surface area contributed by atoms with Crippen LogP contribution in [0, 0.1) is 0 Å². The molecule has 2 nitrogen and oxygen atoms in total. The number of rotatable bonds is 1. The lowest BCUT2D eigenvalue weighted by atomic mass is 10.1. The minimum Gasteiger partial charge on any atom is -0.457 e. The van der Waals surface area contributed by atoms with E-state index in [0.717, 1.165) is 12.8 Å². The molecule has 1 aliphatic carbocycles. The molecule has 1 rings (SSSR count). The van der Waals surface area contributed by atoms with Crippen LogP contribution >= 0.6 is 0 Å². The highest BCUT2D eigenvalue weighted by atomic mass is 16.6. The van der Waals surface area contributed by atoms with Crippen molar-refractivity contribution < 1.29 is 9.53 Å². The van der Waals surface area contributed by atoms with Crippen LogP contribution in [-0.4, -0.2) is 11.6 Å². The number of allylic oxidation sites excluding steroid dienone is 1. The first-order valence-corrected chi connectivity index (χ1v) is 5.90. The third kappa shape index (κ3) is 5.60. The normalized spacial score (nSPS) is 18.2. The maximum absolute atomic E-state index is 11.5. The van der Waals surface area contributed by atoms with E-state index in [9.17, 15) is 4.79 Å². The molecule has 0 aromatic carbocycles. The Hall–Kier alpha value is -0.790. The quantitative estimate of drug-likeness (QED) is 0.375. The molecule has 1 aliphatic rings. The molecule has 2 heteroatoms. The third-order valence-corrected chi connectivity index (χ3v) is 2.47. The number of esters is 1. The summed E-state index contributed by atoms with van der Waals surface area (Å²) in [6.45, 7) is 5.70. The Morgan fingerprint density at radius 3 is 2.13 bits per heavy atom. The van der Waals surface area contributed by atoms with Crippen LogP contribution in [0.25, 0.3) is 0 Å². The van der Waals surface area contributed by atoms with Crippen LogP contribution in [-0.2, 0) is 9.53 Å². The second-order valence-electron chi connectivity index (χ2n) is 5.25. The second-order valence-corrected chi connectivity index (χ2v) is 5.25. The van der Waals surface area contributed by atoms with Gasteiger partial charge in [-0.2, -0.15) is 0 Å². The lowest BCUT2D eigenvalue weighted by Crippen LogP contribution is -2.22. The zero-order chi connectivity index (χ0) is 11.3. The maximum atomic E-state index is 11.5. The molecule has 0 aromatic rings. The highest BCUT2D eigenvalue weighted by Crippen LogP contribution is 2.22. The van der Waals surface area contributed by atoms with Gasteiger partial charge in [0, 0.05) is 6.08 Å². The standard InChI is InChI=1S/C13H22O2/c1-13(2,3)15-12(14)10-11-8-6-4-5-7-9-11/h10H,4-9H2,1-3H3. The van der Waals surface area contributed by atoms with Crippen molar-refractivity contribution in [1.82, 2.24) is 0 Å². The lowest BCUT2D eigenvalue weighted by Gasteiger charge is -2.18. The van der Waals surface area contributed by atoms with Crippen molar-refractivity contribution in [1.29, 1.82) is 0 Å². The molecule has 0 atom stereocenters. The van der Waals surface area contributed by atoms with Crippen molar-refractivity contribution in [2.24, 2.45) is 0 Å². The molecule has 0 radical (unpaired) electrons. The summed E-state index contributed by atoms with van der Waals surface area (Å²) in [6, 6.07) is 0. The summed E-state index contributed by atoms with van der Waals surface area (Å²) in [4.78, 5) is 11.5. The zero-order valence-corrected chi connectivity index (χ0v) is 10.1. The van der Waals surface area contributed by atoms with Crippen LogP contribution < -0.4 is 0 Å². The van der Waals surface area contributed by atoms with Gasteiger partial charge in [-0.15, -0.1) is 0 Å². The smallest absolute Gasteiger partial charge is 0.331 e. The van der Waals surface area contributed by atoms with Crippen LogP contribution in [0.5, 0.6) is 0 Å². The van der Waals surface area contributed by atoms with E-state index >= 15 is 0 Å². The van der Waals surface area contributed by atoms with E-state index in [2.05, 4.69) is 0 Å². The molecule has 86 valence electrons. The molecule has 0 heterocycles. The van der Waals surface area contributed by atoms with Gasteiger partial charge in [0.15, 0.2) is 0 Å². The summed E-state index contributed by atoms with van der Waals surface area (Å²) in [6.07, 6.45) is 8.87. The van der Waals surface area contributed by atoms with E-state index in [1.165, 1.54) is 31.3 Å². The Kier molecular flexibility index (Phi) is 4.37. The molecule has 15 heavy (non-hydrogen) atoms. The van der Waals surface area contributed by atoms with Gasteiger partial charge in [-0.05, 0) is 46.5 Å². The minimum atomic E-state index is -0.376. The molecule has 0 amide bonds. The molecule has 0 N–H and O–H groups in total. The van der Waals surface area contributed by atoms with Gasteiger partial charge >= 0.3 is 5.97 Å². The Bertz CT molecular complexity index is 236. The SMILES string of the molecule is CC(C)(C)OC(=O)C=C1CCCCCC1. The number of carbonyl (C=O) groups is 1. The summed E-state index contributed by atoms with van der Waals surface area (Å²) in [5.74, 6) is -0.181. The third-order valence-electron chi connectivity index (χ3n) is 2.47. The minimum absolute atomic E-state index is 0.181. The predicted octanol–water partition coefficient (Wildman–Crippen LogP) is 3.61. The fraction of sp³-hybridized carbons (Fsp3) is 0.769. The van der Waals surface area contributed by atoms with Crippen molar-refractivity contribution in [2.45, 2.75) is 64.9 Å². The summed E-state index contributed by atoms with van der Waals surface area (Å²) in [5, 5.41) is 0. The van der Waals surface area contributed by atoms with Gasteiger partial charge in [0.1, 0.15) is 5.60 Å². The largest absolute Gasteiger partial charge is 0.457 e. The second kappa shape index (κ2) is 5.34. The van der Waals surface area contributed by atoms with Crippen molar-refractivity contribution in [3.05, 3.63) is 11.6 Å². The first-order chi connectivity index (χ1) is 6.97. The summed E-state index contributed by atoms with van der Waals surface area (Å²) < 4.78 is 5.27. The Morgan fingerprint density at radius 1 is 1.13 bits per heavy atom. The fourth-order valence-corrected chi connectivity index (χ4v) is 1.82. The van der Waals surface area contributed by atoms with E-state index in [-0.39, 0.29) is 11.6 Å². The molecule has 0 aromatic heterocycles. The lowest BCUT2D eigenvalue weighted by molar-refractivity contribution is -0.148. The van der Waals surface area contributed by atoms with Crippen molar-refractivity contribution in [3.63, 3.8) is 0 Å². The summed E-state index contributed by atoms with van der Waals surface area (Å²) >= 11 is 0. The van der Waals surface area contributed by atoms with Gasteiger partial charge in [0.2, 0.25) is 0 Å². The highest BCUT2D eigenvalue weighted by Gasteiger charge is 2.15. The van der Waals surface area contributed by atoms with E-state index in [0.29, 0.717) is 0 Å². The topological polar surface area (TPSA) is 26.3 Å². The Morgan fingerprint density at radius 2 is 1.67 bits per heavy atom. The summed E-state index contributed by atoms with van der Waals surface area (Å²) in [7, 11) is 0. The van der Waals surface area contributed by atoms with Gasteiger partial charge in [-0.3, -0.25) is 0 Å². The first-order valence-electron chi connectivity index (χ1n) is 5.90. The van der Waals surface area contributed by atoms with Crippen LogP contribution in [0.1, 0.15) is 59.3 Å². The van der Waals surface area contributed by atoms with E-state index in [1.54, 1.807) is 6.08 Å². The Labute approximate surface area is 92.7 Å². The molecule has 0 aliphatic heterocycles. The summed E-state index contributed by atoms with van der Waals surface area (Å²) in [5.41, 5.74) is 0.889. The molecule has 0 saturated heterocycles. The van der Waals surface area contributed by atoms with E-state index in [4.69, 9.17) is 4.74 Å². The molecule has 1 fully saturated rings. The monoisotopic (exact) mass is 210 g/mol. The predicted molar refractivity (Wildman–Crippen MR) is 61.6 cm³/mol. The average molecular weight is 210 g/mol. The Balaban J connectivity index is 2.49. The maximum Gasteiger partial charge on any atom is 0.331 e.